The molecule has 3 aromatic carbocycles. The van der Waals surface area contributed by atoms with Gasteiger partial charge in [0.25, 0.3) is 0 Å². The first-order valence-electron chi connectivity index (χ1n) is 12.3. The van der Waals surface area contributed by atoms with Crippen LogP contribution in [0.15, 0.2) is 98.7 Å². The van der Waals surface area contributed by atoms with Crippen molar-refractivity contribution in [2.24, 2.45) is 10.2 Å². The normalized spacial score (nSPS) is 13.4. The van der Waals surface area contributed by atoms with E-state index in [4.69, 9.17) is 4.98 Å². The van der Waals surface area contributed by atoms with Crippen LogP contribution in [0, 0.1) is 0 Å². The lowest BCUT2D eigenvalue weighted by Crippen LogP contribution is -2.31. The molecule has 8 nitrogen and oxygen atoms in total. The van der Waals surface area contributed by atoms with Gasteiger partial charge in [0.05, 0.1) is 17.0 Å². The van der Waals surface area contributed by atoms with Gasteiger partial charge in [-0.1, -0.05) is 100 Å². The Morgan fingerprint density at radius 1 is 0.974 bits per heavy atom. The van der Waals surface area contributed by atoms with Crippen molar-refractivity contribution in [1.82, 2.24) is 25.1 Å². The number of halogens is 1. The lowest BCUT2D eigenvalue weighted by atomic mass is 10.1. The molecule has 0 fully saturated rings. The summed E-state index contributed by atoms with van der Waals surface area (Å²) in [4.78, 5) is 17.4. The number of amidine groups is 1. The number of benzene rings is 3. The molecule has 1 amide bonds. The van der Waals surface area contributed by atoms with Crippen molar-refractivity contribution in [2.45, 2.75) is 18.1 Å². The molecule has 0 unspecified atom stereocenters. The summed E-state index contributed by atoms with van der Waals surface area (Å²) in [7, 11) is 0. The Labute approximate surface area is 241 Å². The largest absolute Gasteiger partial charge is 0.323 e. The monoisotopic (exact) mass is 615 g/mol. The van der Waals surface area contributed by atoms with Gasteiger partial charge in [0.2, 0.25) is 11.1 Å². The molecule has 11 heteroatoms. The van der Waals surface area contributed by atoms with Crippen LogP contribution in [0.4, 0.5) is 0 Å². The van der Waals surface area contributed by atoms with E-state index >= 15 is 0 Å². The summed E-state index contributed by atoms with van der Waals surface area (Å²) >= 11 is 6.14. The van der Waals surface area contributed by atoms with Crippen molar-refractivity contribution < 1.29 is 4.79 Å². The minimum Gasteiger partial charge on any atom is -0.323 e. The van der Waals surface area contributed by atoms with Crippen LogP contribution >= 0.6 is 39.5 Å². The Morgan fingerprint density at radius 2 is 1.77 bits per heavy atom. The molecule has 0 saturated heterocycles. The molecule has 6 rings (SSSR count). The molecule has 1 N–H and O–H groups in total. The molecule has 2 aromatic heterocycles. The van der Waals surface area contributed by atoms with Crippen LogP contribution in [0.25, 0.3) is 22.1 Å². The van der Waals surface area contributed by atoms with Gasteiger partial charge < -0.3 is 9.88 Å². The highest BCUT2D eigenvalue weighted by atomic mass is 79.9. The molecule has 0 aliphatic carbocycles. The topological polar surface area (TPSA) is 97.4 Å². The molecule has 3 heterocycles. The van der Waals surface area contributed by atoms with Crippen molar-refractivity contribution in [2.75, 3.05) is 11.5 Å². The van der Waals surface area contributed by atoms with Gasteiger partial charge in [-0.25, -0.2) is 4.98 Å². The van der Waals surface area contributed by atoms with Crippen molar-refractivity contribution in [3.05, 3.63) is 94.5 Å². The Balaban J connectivity index is 1.14. The van der Waals surface area contributed by atoms with Crippen molar-refractivity contribution >= 4 is 78.3 Å². The SMILES string of the molecule is O=C(CSc1nnc2c3ccccc3n(CCc3ccccc3)c2n1)NC1=NN=C(c2ccc(Br)cc2)CS1. The first-order chi connectivity index (χ1) is 19.1. The second kappa shape index (κ2) is 11.7. The number of amides is 1. The molecule has 1 aliphatic rings. The van der Waals surface area contributed by atoms with Gasteiger partial charge >= 0.3 is 0 Å². The van der Waals surface area contributed by atoms with Gasteiger partial charge in [0.15, 0.2) is 10.8 Å². The highest BCUT2D eigenvalue weighted by molar-refractivity contribution is 9.10. The van der Waals surface area contributed by atoms with Gasteiger partial charge in [0.1, 0.15) is 5.52 Å². The maximum absolute atomic E-state index is 12.6. The third-order valence-electron chi connectivity index (χ3n) is 6.18. The summed E-state index contributed by atoms with van der Waals surface area (Å²) in [5.74, 6) is 0.577. The molecule has 5 aromatic rings. The van der Waals surface area contributed by atoms with Crippen LogP contribution in [0.1, 0.15) is 11.1 Å². The molecule has 0 atom stereocenters. The summed E-state index contributed by atoms with van der Waals surface area (Å²) in [5.41, 5.74) is 5.74. The highest BCUT2D eigenvalue weighted by Crippen LogP contribution is 2.27. The van der Waals surface area contributed by atoms with Crippen LogP contribution in [0.2, 0.25) is 0 Å². The summed E-state index contributed by atoms with van der Waals surface area (Å²) in [5, 5.41) is 22.1. The molecule has 0 bridgehead atoms. The number of nitrogens with zero attached hydrogens (tertiary/aromatic N) is 6. The van der Waals surface area contributed by atoms with E-state index in [0.29, 0.717) is 16.1 Å². The van der Waals surface area contributed by atoms with Gasteiger partial charge in [-0.2, -0.15) is 5.10 Å². The number of rotatable bonds is 7. The second-order valence-corrected chi connectivity index (χ2v) is 11.6. The molecular weight excluding hydrogens is 594 g/mol. The predicted molar refractivity (Wildman–Crippen MR) is 162 cm³/mol. The zero-order valence-corrected chi connectivity index (χ0v) is 23.8. The summed E-state index contributed by atoms with van der Waals surface area (Å²) < 4.78 is 3.20. The number of hydrogen-bond donors (Lipinski definition) is 1. The molecule has 0 saturated carbocycles. The van der Waals surface area contributed by atoms with Crippen molar-refractivity contribution in [3.8, 4) is 0 Å². The lowest BCUT2D eigenvalue weighted by molar-refractivity contribution is -0.117. The number of carbonyl (C=O) groups is 1. The number of aryl methyl sites for hydroxylation is 2. The molecule has 0 spiro atoms. The molecule has 194 valence electrons. The van der Waals surface area contributed by atoms with Gasteiger partial charge in [0, 0.05) is 22.2 Å². The molecule has 0 radical (unpaired) electrons. The van der Waals surface area contributed by atoms with E-state index in [1.165, 1.54) is 29.1 Å². The number of aromatic nitrogens is 4. The highest BCUT2D eigenvalue weighted by Gasteiger charge is 2.17. The molecular formula is C28H22BrN7OS2. The Bertz CT molecular complexity index is 1720. The molecule has 39 heavy (non-hydrogen) atoms. The number of para-hydroxylation sites is 1. The van der Waals surface area contributed by atoms with Crippen LogP contribution in [0.3, 0.4) is 0 Å². The van der Waals surface area contributed by atoms with Gasteiger partial charge in [-0.3, -0.25) is 4.79 Å². The van der Waals surface area contributed by atoms with Crippen LogP contribution in [0.5, 0.6) is 0 Å². The Hall–Kier alpha value is -3.54. The van der Waals surface area contributed by atoms with Gasteiger partial charge in [-0.15, -0.1) is 15.3 Å². The fraction of sp³-hybridized carbons (Fsp3) is 0.143. The van der Waals surface area contributed by atoms with E-state index in [0.717, 1.165) is 50.8 Å². The average Bonchev–Trinajstić information content (AvgIpc) is 3.29. The third kappa shape index (κ3) is 5.90. The van der Waals surface area contributed by atoms with E-state index < -0.39 is 0 Å². The van der Waals surface area contributed by atoms with Crippen LogP contribution < -0.4 is 5.32 Å². The summed E-state index contributed by atoms with van der Waals surface area (Å²) in [6, 6.07) is 26.4. The van der Waals surface area contributed by atoms with Crippen molar-refractivity contribution in [1.29, 1.82) is 0 Å². The smallest absolute Gasteiger partial charge is 0.236 e. The zero-order valence-electron chi connectivity index (χ0n) is 20.6. The third-order valence-corrected chi connectivity index (χ3v) is 8.43. The van der Waals surface area contributed by atoms with Crippen molar-refractivity contribution in [3.63, 3.8) is 0 Å². The Kier molecular flexibility index (Phi) is 7.71. The maximum atomic E-state index is 12.6. The molecule has 1 aliphatic heterocycles. The second-order valence-electron chi connectivity index (χ2n) is 8.76. The standard InChI is InChI=1S/C28H22BrN7OS2/c29-20-12-10-19(11-13-20)22-16-38-27(34-32-22)30-24(37)17-39-28-31-26-25(33-35-28)21-8-4-5-9-23(21)36(26)15-14-18-6-2-1-3-7-18/h1-13H,14-17H2,(H,30,34,37). The van der Waals surface area contributed by atoms with E-state index in [2.05, 4.69) is 76.5 Å². The maximum Gasteiger partial charge on any atom is 0.236 e. The van der Waals surface area contributed by atoms with E-state index in [9.17, 15) is 4.79 Å². The Morgan fingerprint density at radius 3 is 2.56 bits per heavy atom. The predicted octanol–water partition coefficient (Wildman–Crippen LogP) is 5.70. The van der Waals surface area contributed by atoms with Gasteiger partial charge in [-0.05, 0) is 35.7 Å². The quantitative estimate of drug-likeness (QED) is 0.236. The minimum absolute atomic E-state index is 0.139. The van der Waals surface area contributed by atoms with E-state index in [1.807, 2.05) is 48.5 Å². The number of nitrogens with one attached hydrogen (secondary N) is 1. The fourth-order valence-electron chi connectivity index (χ4n) is 4.29. The van der Waals surface area contributed by atoms with E-state index in [1.54, 1.807) is 0 Å². The average molecular weight is 617 g/mol. The van der Waals surface area contributed by atoms with E-state index in [-0.39, 0.29) is 11.7 Å². The van der Waals surface area contributed by atoms with Crippen LogP contribution in [-0.2, 0) is 17.8 Å². The minimum atomic E-state index is -0.193. The first-order valence-corrected chi connectivity index (χ1v) is 15.0. The summed E-state index contributed by atoms with van der Waals surface area (Å²) in [6.45, 7) is 0.761. The number of thioether (sulfide) groups is 2. The first kappa shape index (κ1) is 25.7. The number of hydrogen-bond acceptors (Lipinski definition) is 8. The fourth-order valence-corrected chi connectivity index (χ4v) is 5.92. The summed E-state index contributed by atoms with van der Waals surface area (Å²) in [6.07, 6.45) is 0.870. The number of carbonyl (C=O) groups excluding carboxylic acids is 1. The van der Waals surface area contributed by atoms with Crippen LogP contribution in [-0.4, -0.2) is 48.0 Å². The lowest BCUT2D eigenvalue weighted by Gasteiger charge is -2.12. The number of fused-ring (bicyclic) bond motifs is 3. The zero-order chi connectivity index (χ0) is 26.6.